The van der Waals surface area contributed by atoms with Crippen molar-refractivity contribution in [3.05, 3.63) is 77.6 Å². The Kier molecular flexibility index (Phi) is 9.72. The molecule has 0 unspecified atom stereocenters. The first kappa shape index (κ1) is 32.6. The van der Waals surface area contributed by atoms with Gasteiger partial charge in [-0.1, -0.05) is 18.2 Å². The van der Waals surface area contributed by atoms with Crippen LogP contribution in [0.1, 0.15) is 36.8 Å². The predicted octanol–water partition coefficient (Wildman–Crippen LogP) is 6.39. The van der Waals surface area contributed by atoms with Crippen LogP contribution in [0.5, 0.6) is 11.5 Å². The predicted molar refractivity (Wildman–Crippen MR) is 165 cm³/mol. The number of rotatable bonds is 8. The van der Waals surface area contributed by atoms with Crippen LogP contribution in [0.3, 0.4) is 0 Å². The minimum Gasteiger partial charge on any atom is -0.457 e. The number of carbonyl (C=O) groups is 2. The summed E-state index contributed by atoms with van der Waals surface area (Å²) in [7, 11) is 0. The maximum atomic E-state index is 15.0. The number of hydrogen-bond acceptors (Lipinski definition) is 10. The Balaban J connectivity index is 1.48. The highest BCUT2D eigenvalue weighted by Crippen LogP contribution is 2.48. The zero-order valence-corrected chi connectivity index (χ0v) is 25.9. The summed E-state index contributed by atoms with van der Waals surface area (Å²) in [6, 6.07) is 12.3. The van der Waals surface area contributed by atoms with Crippen LogP contribution in [-0.2, 0) is 15.7 Å². The van der Waals surface area contributed by atoms with Crippen molar-refractivity contribution in [3.8, 4) is 22.1 Å². The van der Waals surface area contributed by atoms with Gasteiger partial charge in [-0.25, -0.2) is 9.78 Å². The van der Waals surface area contributed by atoms with E-state index in [2.05, 4.69) is 25.8 Å². The van der Waals surface area contributed by atoms with E-state index < -0.39 is 41.2 Å². The van der Waals surface area contributed by atoms with Crippen LogP contribution >= 0.6 is 11.3 Å². The van der Waals surface area contributed by atoms with Crippen LogP contribution in [0.2, 0.25) is 0 Å². The number of carbonyl (C=O) groups excluding carboxylic acids is 2. The third-order valence-electron chi connectivity index (χ3n) is 6.54. The van der Waals surface area contributed by atoms with Gasteiger partial charge in [-0.05, 0) is 51.1 Å². The van der Waals surface area contributed by atoms with E-state index >= 15 is 0 Å². The van der Waals surface area contributed by atoms with Crippen LogP contribution in [0.4, 0.5) is 29.3 Å². The van der Waals surface area contributed by atoms with Gasteiger partial charge < -0.3 is 29.7 Å². The number of anilines is 2. The number of thiazole rings is 1. The Morgan fingerprint density at radius 1 is 1.09 bits per heavy atom. The lowest BCUT2D eigenvalue weighted by Crippen LogP contribution is -2.48. The molecule has 0 spiro atoms. The van der Waals surface area contributed by atoms with Crippen LogP contribution in [0.15, 0.2) is 66.3 Å². The van der Waals surface area contributed by atoms with Crippen molar-refractivity contribution in [1.29, 1.82) is 0 Å². The van der Waals surface area contributed by atoms with E-state index in [-0.39, 0.29) is 49.1 Å². The third kappa shape index (κ3) is 8.28. The van der Waals surface area contributed by atoms with Crippen LogP contribution in [-0.4, -0.2) is 65.1 Å². The Morgan fingerprint density at radius 3 is 2.57 bits per heavy atom. The van der Waals surface area contributed by atoms with Gasteiger partial charge in [0, 0.05) is 30.6 Å². The fraction of sp³-hybridized carbons (Fsp3) is 0.323. The Bertz CT molecular complexity index is 1660. The summed E-state index contributed by atoms with van der Waals surface area (Å²) in [6.07, 6.45) is -3.27. The number of ether oxygens (including phenoxy) is 3. The topological polar surface area (TPSA) is 128 Å². The normalized spacial score (nSPS) is 15.3. The van der Waals surface area contributed by atoms with E-state index in [0.717, 1.165) is 0 Å². The second kappa shape index (κ2) is 13.7. The lowest BCUT2D eigenvalue weighted by Gasteiger charge is -2.37. The second-order valence-electron chi connectivity index (χ2n) is 11.2. The molecule has 1 saturated heterocycles. The van der Waals surface area contributed by atoms with E-state index in [1.807, 2.05) is 0 Å². The number of alkyl carbamates (subject to hydrolysis) is 1. The summed E-state index contributed by atoms with van der Waals surface area (Å²) in [6.45, 7) is 5.23. The molecule has 0 saturated carbocycles. The van der Waals surface area contributed by atoms with Crippen molar-refractivity contribution in [2.45, 2.75) is 38.7 Å². The summed E-state index contributed by atoms with van der Waals surface area (Å²) in [5.74, 6) is -0.937. The second-order valence-corrected chi connectivity index (χ2v) is 12.1. The van der Waals surface area contributed by atoms with Gasteiger partial charge in [0.25, 0.3) is 5.91 Å². The van der Waals surface area contributed by atoms with Crippen LogP contribution in [0.25, 0.3) is 10.6 Å². The SMILES string of the molecule is CC(C)(C)OC(=O)NC[C@@H]1CN(c2c(NC(=O)c3csc(-c4ccnnc4)n3)ccc(Oc3ccccc3)c2C(F)(F)F)CCO1. The molecular weight excluding hydrogens is 625 g/mol. The maximum absolute atomic E-state index is 15.0. The molecule has 2 aromatic carbocycles. The monoisotopic (exact) mass is 656 g/mol. The molecule has 5 rings (SSSR count). The number of morpholine rings is 1. The third-order valence-corrected chi connectivity index (χ3v) is 7.43. The van der Waals surface area contributed by atoms with Crippen molar-refractivity contribution in [2.75, 3.05) is 36.5 Å². The fourth-order valence-electron chi connectivity index (χ4n) is 4.65. The highest BCUT2D eigenvalue weighted by molar-refractivity contribution is 7.13. The lowest BCUT2D eigenvalue weighted by molar-refractivity contribution is -0.138. The largest absolute Gasteiger partial charge is 0.457 e. The lowest BCUT2D eigenvalue weighted by atomic mass is 10.1. The van der Waals surface area contributed by atoms with E-state index in [9.17, 15) is 22.8 Å². The van der Waals surface area contributed by atoms with Gasteiger partial charge in [0.1, 0.15) is 33.4 Å². The standard InChI is InChI=1S/C31H31F3N6O5S/c1-30(2,3)45-29(42)35-16-21-17-40(13-14-43-21)26-22(38-27(41)23-18-46-28(39-23)19-11-12-36-37-15-19)9-10-24(25(26)31(32,33)34)44-20-7-5-4-6-8-20/h4-12,15,18,21H,13-14,16-17H2,1-3H3,(H,35,42)(H,38,41)/t21-/m1/s1. The number of halogens is 3. The van der Waals surface area contributed by atoms with Gasteiger partial charge >= 0.3 is 12.3 Å². The summed E-state index contributed by atoms with van der Waals surface area (Å²) in [4.78, 5) is 31.4. The smallest absolute Gasteiger partial charge is 0.422 e. The number of hydrogen-bond donors (Lipinski definition) is 2. The summed E-state index contributed by atoms with van der Waals surface area (Å²) in [5, 5.41) is 14.8. The molecule has 0 radical (unpaired) electrons. The molecule has 15 heteroatoms. The first-order valence-electron chi connectivity index (χ1n) is 14.2. The number of nitrogens with zero attached hydrogens (tertiary/aromatic N) is 4. The molecule has 2 amide bonds. The molecule has 46 heavy (non-hydrogen) atoms. The van der Waals surface area contributed by atoms with Crippen molar-refractivity contribution >= 4 is 34.7 Å². The molecule has 1 atom stereocenters. The first-order valence-corrected chi connectivity index (χ1v) is 15.1. The maximum Gasteiger partial charge on any atom is 0.422 e. The van der Waals surface area contributed by atoms with Crippen molar-refractivity contribution in [2.24, 2.45) is 0 Å². The molecule has 11 nitrogen and oxygen atoms in total. The molecule has 1 fully saturated rings. The Labute approximate surface area is 266 Å². The van der Waals surface area contributed by atoms with Gasteiger partial charge in [-0.2, -0.15) is 23.4 Å². The highest BCUT2D eigenvalue weighted by atomic mass is 32.1. The van der Waals surface area contributed by atoms with Gasteiger partial charge in [0.05, 0.1) is 36.5 Å². The molecule has 1 aliphatic rings. The van der Waals surface area contributed by atoms with Gasteiger partial charge in [-0.15, -0.1) is 11.3 Å². The quantitative estimate of drug-likeness (QED) is 0.222. The summed E-state index contributed by atoms with van der Waals surface area (Å²) in [5.41, 5.74) is -1.54. The number of para-hydroxylation sites is 1. The molecule has 242 valence electrons. The molecule has 2 N–H and O–H groups in total. The molecule has 1 aliphatic heterocycles. The Morgan fingerprint density at radius 2 is 1.87 bits per heavy atom. The van der Waals surface area contributed by atoms with E-state index in [1.54, 1.807) is 57.2 Å². The minimum atomic E-state index is -4.88. The van der Waals surface area contributed by atoms with Crippen molar-refractivity contribution < 1.29 is 37.0 Å². The van der Waals surface area contributed by atoms with Crippen molar-refractivity contribution in [1.82, 2.24) is 20.5 Å². The summed E-state index contributed by atoms with van der Waals surface area (Å²) >= 11 is 1.18. The number of aromatic nitrogens is 3. The zero-order valence-electron chi connectivity index (χ0n) is 25.1. The Hall–Kier alpha value is -4.76. The molecule has 4 aromatic rings. The number of amides is 2. The number of alkyl halides is 3. The van der Waals surface area contributed by atoms with E-state index in [1.165, 1.54) is 46.1 Å². The van der Waals surface area contributed by atoms with Gasteiger partial charge in [-0.3, -0.25) is 4.79 Å². The molecule has 3 heterocycles. The molecular formula is C31H31F3N6O5S. The van der Waals surface area contributed by atoms with Crippen LogP contribution < -0.4 is 20.3 Å². The highest BCUT2D eigenvalue weighted by Gasteiger charge is 2.41. The average molecular weight is 657 g/mol. The van der Waals surface area contributed by atoms with Crippen LogP contribution in [0, 0.1) is 0 Å². The first-order chi connectivity index (χ1) is 21.9. The fourth-order valence-corrected chi connectivity index (χ4v) is 5.44. The molecule has 2 aromatic heterocycles. The average Bonchev–Trinajstić information content (AvgIpc) is 3.51. The molecule has 0 bridgehead atoms. The molecule has 0 aliphatic carbocycles. The summed E-state index contributed by atoms with van der Waals surface area (Å²) < 4.78 is 61.6. The van der Waals surface area contributed by atoms with Gasteiger partial charge in [0.15, 0.2) is 0 Å². The number of benzene rings is 2. The number of nitrogens with one attached hydrogen (secondary N) is 2. The van der Waals surface area contributed by atoms with E-state index in [0.29, 0.717) is 10.6 Å². The minimum absolute atomic E-state index is 0.0138. The van der Waals surface area contributed by atoms with E-state index in [4.69, 9.17) is 14.2 Å². The zero-order chi connectivity index (χ0) is 32.9. The van der Waals surface area contributed by atoms with Gasteiger partial charge in [0.2, 0.25) is 0 Å². The van der Waals surface area contributed by atoms with Crippen molar-refractivity contribution in [3.63, 3.8) is 0 Å².